The van der Waals surface area contributed by atoms with Gasteiger partial charge in [0.05, 0.1) is 6.26 Å². The van der Waals surface area contributed by atoms with E-state index >= 15 is 0 Å². The standard InChI is InChI=1S/C15H9N2O.Ir/c1-2-5-11(6-3-1)17-14-12(7-4-9-16-14)13-8-10-18-15(13)17;/h1-5,7-10H;/q-1;. The topological polar surface area (TPSA) is 31.0 Å². The molecule has 1 radical (unpaired) electrons. The monoisotopic (exact) mass is 426 g/mol. The number of hydrogen-bond acceptors (Lipinski definition) is 2. The molecule has 0 atom stereocenters. The summed E-state index contributed by atoms with van der Waals surface area (Å²) in [5, 5.41) is 2.17. The number of benzene rings is 1. The Kier molecular flexibility index (Phi) is 2.97. The number of para-hydroxylation sites is 1. The average Bonchev–Trinajstić information content (AvgIpc) is 2.99. The second-order valence-corrected chi connectivity index (χ2v) is 4.10. The zero-order valence-electron chi connectivity index (χ0n) is 9.83. The SMILES string of the molecule is [Ir].[c-]1ccccc1-n1c2ncccc2c2ccoc21. The van der Waals surface area contributed by atoms with Gasteiger partial charge in [0.15, 0.2) is 0 Å². The van der Waals surface area contributed by atoms with Crippen molar-refractivity contribution in [2.24, 2.45) is 0 Å². The predicted molar refractivity (Wildman–Crippen MR) is 69.7 cm³/mol. The fourth-order valence-electron chi connectivity index (χ4n) is 2.31. The molecule has 0 bridgehead atoms. The van der Waals surface area contributed by atoms with Gasteiger partial charge in [-0.05, 0) is 18.2 Å². The Morgan fingerprint density at radius 2 is 2.00 bits per heavy atom. The van der Waals surface area contributed by atoms with Crippen molar-refractivity contribution in [3.8, 4) is 5.69 Å². The molecule has 3 aromatic heterocycles. The quantitative estimate of drug-likeness (QED) is 0.437. The van der Waals surface area contributed by atoms with E-state index in [0.29, 0.717) is 0 Å². The molecular formula is C15H9IrN2O-. The van der Waals surface area contributed by atoms with Gasteiger partial charge in [0.2, 0.25) is 5.71 Å². The van der Waals surface area contributed by atoms with Gasteiger partial charge in [0, 0.05) is 37.1 Å². The summed E-state index contributed by atoms with van der Waals surface area (Å²) in [5.74, 6) is 0. The van der Waals surface area contributed by atoms with Gasteiger partial charge in [0.25, 0.3) is 0 Å². The molecule has 0 aliphatic rings. The number of hydrogen-bond donors (Lipinski definition) is 0. The third kappa shape index (κ3) is 1.72. The second-order valence-electron chi connectivity index (χ2n) is 4.10. The van der Waals surface area contributed by atoms with Crippen molar-refractivity contribution in [2.75, 3.05) is 0 Å². The number of furan rings is 1. The van der Waals surface area contributed by atoms with Gasteiger partial charge in [0.1, 0.15) is 5.65 Å². The summed E-state index contributed by atoms with van der Waals surface area (Å²) in [6, 6.07) is 17.0. The van der Waals surface area contributed by atoms with E-state index in [1.165, 1.54) is 0 Å². The third-order valence-corrected chi connectivity index (χ3v) is 3.07. The van der Waals surface area contributed by atoms with Gasteiger partial charge in [-0.25, -0.2) is 4.98 Å². The molecular weight excluding hydrogens is 416 g/mol. The molecule has 4 heteroatoms. The van der Waals surface area contributed by atoms with Crippen LogP contribution in [0.1, 0.15) is 0 Å². The molecule has 0 unspecified atom stereocenters. The molecule has 0 spiro atoms. The van der Waals surface area contributed by atoms with Crippen LogP contribution in [0.4, 0.5) is 0 Å². The molecule has 0 saturated heterocycles. The molecule has 3 heterocycles. The first kappa shape index (κ1) is 12.1. The zero-order valence-corrected chi connectivity index (χ0v) is 12.2. The van der Waals surface area contributed by atoms with Crippen LogP contribution in [0.15, 0.2) is 59.3 Å². The summed E-state index contributed by atoms with van der Waals surface area (Å²) in [7, 11) is 0. The summed E-state index contributed by atoms with van der Waals surface area (Å²) in [5.41, 5.74) is 2.65. The van der Waals surface area contributed by atoms with Crippen molar-refractivity contribution in [1.29, 1.82) is 0 Å². The smallest absolute Gasteiger partial charge is 0.211 e. The molecule has 0 fully saturated rings. The van der Waals surface area contributed by atoms with E-state index in [0.717, 1.165) is 27.8 Å². The Hall–Kier alpha value is -1.90. The Morgan fingerprint density at radius 1 is 1.05 bits per heavy atom. The molecule has 19 heavy (non-hydrogen) atoms. The number of pyridine rings is 1. The van der Waals surface area contributed by atoms with E-state index in [1.807, 2.05) is 41.0 Å². The summed E-state index contributed by atoms with van der Waals surface area (Å²) in [6.07, 6.45) is 3.50. The minimum absolute atomic E-state index is 0. The molecule has 4 rings (SSSR count). The summed E-state index contributed by atoms with van der Waals surface area (Å²) in [4.78, 5) is 4.45. The fourth-order valence-corrected chi connectivity index (χ4v) is 2.31. The van der Waals surface area contributed by atoms with E-state index in [9.17, 15) is 0 Å². The van der Waals surface area contributed by atoms with Crippen LogP contribution < -0.4 is 0 Å². The maximum absolute atomic E-state index is 5.59. The first-order valence-corrected chi connectivity index (χ1v) is 5.75. The molecule has 0 aliphatic heterocycles. The Labute approximate surface area is 123 Å². The van der Waals surface area contributed by atoms with Crippen LogP contribution in [0.5, 0.6) is 0 Å². The van der Waals surface area contributed by atoms with E-state index < -0.39 is 0 Å². The van der Waals surface area contributed by atoms with Crippen molar-refractivity contribution >= 4 is 22.1 Å². The first-order valence-electron chi connectivity index (χ1n) is 5.75. The molecule has 0 amide bonds. The molecule has 1 aromatic carbocycles. The minimum Gasteiger partial charge on any atom is -0.447 e. The largest absolute Gasteiger partial charge is 0.447 e. The maximum atomic E-state index is 5.59. The van der Waals surface area contributed by atoms with Crippen LogP contribution in [0.3, 0.4) is 0 Å². The third-order valence-electron chi connectivity index (χ3n) is 3.07. The average molecular weight is 425 g/mol. The van der Waals surface area contributed by atoms with Crippen molar-refractivity contribution in [2.45, 2.75) is 0 Å². The van der Waals surface area contributed by atoms with Crippen molar-refractivity contribution < 1.29 is 24.5 Å². The van der Waals surface area contributed by atoms with Gasteiger partial charge in [-0.3, -0.25) is 4.57 Å². The summed E-state index contributed by atoms with van der Waals surface area (Å²) < 4.78 is 7.58. The van der Waals surface area contributed by atoms with Gasteiger partial charge in [-0.1, -0.05) is 5.69 Å². The van der Waals surface area contributed by atoms with E-state index in [4.69, 9.17) is 4.42 Å². The van der Waals surface area contributed by atoms with E-state index in [1.54, 1.807) is 12.5 Å². The zero-order chi connectivity index (χ0) is 11.9. The maximum Gasteiger partial charge on any atom is 0.211 e. The summed E-state index contributed by atoms with van der Waals surface area (Å²) in [6.45, 7) is 0. The number of aromatic nitrogens is 2. The van der Waals surface area contributed by atoms with Gasteiger partial charge in [-0.2, -0.15) is 24.3 Å². The van der Waals surface area contributed by atoms with Crippen molar-refractivity contribution in [3.05, 3.63) is 61.0 Å². The molecule has 0 saturated carbocycles. The van der Waals surface area contributed by atoms with Crippen LogP contribution in [0.2, 0.25) is 0 Å². The van der Waals surface area contributed by atoms with Crippen molar-refractivity contribution in [3.63, 3.8) is 0 Å². The molecule has 0 aliphatic carbocycles. The van der Waals surface area contributed by atoms with Gasteiger partial charge in [-0.15, -0.1) is 6.07 Å². The Bertz CT molecular complexity index is 833. The fraction of sp³-hybridized carbons (Fsp3) is 0. The van der Waals surface area contributed by atoms with Gasteiger partial charge < -0.3 is 4.42 Å². The predicted octanol–water partition coefficient (Wildman–Crippen LogP) is 3.57. The molecule has 4 aromatic rings. The molecule has 3 nitrogen and oxygen atoms in total. The van der Waals surface area contributed by atoms with Gasteiger partial charge >= 0.3 is 0 Å². The Morgan fingerprint density at radius 3 is 2.84 bits per heavy atom. The molecule has 0 N–H and O–H groups in total. The van der Waals surface area contributed by atoms with Crippen molar-refractivity contribution in [1.82, 2.24) is 9.55 Å². The van der Waals surface area contributed by atoms with E-state index in [-0.39, 0.29) is 20.1 Å². The number of rotatable bonds is 1. The van der Waals surface area contributed by atoms with Crippen LogP contribution in [-0.4, -0.2) is 9.55 Å². The second kappa shape index (κ2) is 4.65. The normalized spacial score (nSPS) is 10.7. The summed E-state index contributed by atoms with van der Waals surface area (Å²) >= 11 is 0. The number of fused-ring (bicyclic) bond motifs is 3. The first-order chi connectivity index (χ1) is 8.95. The van der Waals surface area contributed by atoms with Crippen LogP contribution >= 0.6 is 0 Å². The van der Waals surface area contributed by atoms with E-state index in [2.05, 4.69) is 17.1 Å². The van der Waals surface area contributed by atoms with Crippen LogP contribution in [-0.2, 0) is 20.1 Å². The van der Waals surface area contributed by atoms with Crippen LogP contribution in [0.25, 0.3) is 27.8 Å². The number of nitrogens with zero attached hydrogens (tertiary/aromatic N) is 2. The van der Waals surface area contributed by atoms with Crippen LogP contribution in [0, 0.1) is 6.07 Å². The minimum atomic E-state index is 0. The Balaban J connectivity index is 0.00000110. The molecule has 95 valence electrons.